The van der Waals surface area contributed by atoms with Crippen LogP contribution in [0.2, 0.25) is 5.02 Å². The molecule has 0 bridgehead atoms. The van der Waals surface area contributed by atoms with Gasteiger partial charge < -0.3 is 19.7 Å². The van der Waals surface area contributed by atoms with Crippen molar-refractivity contribution in [1.29, 1.82) is 0 Å². The fourth-order valence-corrected chi connectivity index (χ4v) is 4.49. The molecule has 1 N–H and O–H groups in total. The van der Waals surface area contributed by atoms with Crippen molar-refractivity contribution in [3.05, 3.63) is 53.1 Å². The predicted octanol–water partition coefficient (Wildman–Crippen LogP) is 3.46. The molecule has 0 saturated carbocycles. The molecule has 0 aliphatic heterocycles. The summed E-state index contributed by atoms with van der Waals surface area (Å²) in [5.74, 6) is 0.148. The fourth-order valence-electron chi connectivity index (χ4n) is 3.40. The first-order chi connectivity index (χ1) is 16.9. The molecule has 0 aromatic heterocycles. The van der Waals surface area contributed by atoms with E-state index in [-0.39, 0.29) is 29.2 Å². The van der Waals surface area contributed by atoms with Crippen LogP contribution in [0, 0.1) is 0 Å². The third kappa shape index (κ3) is 7.76. The number of nitrogens with one attached hydrogen (secondary N) is 1. The highest BCUT2D eigenvalue weighted by molar-refractivity contribution is 7.92. The molecule has 2 aromatic rings. The number of amides is 2. The Morgan fingerprint density at radius 1 is 1.06 bits per heavy atom. The molecule has 0 aliphatic carbocycles. The molecule has 0 heterocycles. The van der Waals surface area contributed by atoms with Gasteiger partial charge in [-0.25, -0.2) is 8.42 Å². The van der Waals surface area contributed by atoms with Gasteiger partial charge in [0, 0.05) is 12.6 Å². The van der Waals surface area contributed by atoms with Crippen LogP contribution >= 0.6 is 11.6 Å². The number of hydrogen-bond acceptors (Lipinski definition) is 6. The molecule has 0 fully saturated rings. The maximum Gasteiger partial charge on any atom is 0.244 e. The minimum absolute atomic E-state index is 0.0770. The van der Waals surface area contributed by atoms with Crippen LogP contribution in [0.3, 0.4) is 0 Å². The molecule has 0 aliphatic rings. The predicted molar refractivity (Wildman–Crippen MR) is 141 cm³/mol. The minimum Gasteiger partial charge on any atom is -0.497 e. The van der Waals surface area contributed by atoms with Crippen molar-refractivity contribution in [2.45, 2.75) is 45.8 Å². The number of hydrogen-bond donors (Lipinski definition) is 1. The molecule has 2 aromatic carbocycles. The molecular weight excluding hydrogens is 506 g/mol. The lowest BCUT2D eigenvalue weighted by molar-refractivity contribution is -0.139. The van der Waals surface area contributed by atoms with Crippen molar-refractivity contribution in [3.63, 3.8) is 0 Å². The van der Waals surface area contributed by atoms with Gasteiger partial charge in [-0.1, -0.05) is 30.7 Å². The molecular formula is C25H34ClN3O6S. The maximum atomic E-state index is 13.6. The Morgan fingerprint density at radius 2 is 1.69 bits per heavy atom. The van der Waals surface area contributed by atoms with Crippen LogP contribution < -0.4 is 19.1 Å². The average molecular weight is 540 g/mol. The summed E-state index contributed by atoms with van der Waals surface area (Å²) in [6, 6.07) is 10.6. The number of carbonyl (C=O) groups excluding carboxylic acids is 2. The first kappa shape index (κ1) is 29.3. The number of rotatable bonds is 12. The zero-order chi connectivity index (χ0) is 27.0. The Balaban J connectivity index is 2.41. The summed E-state index contributed by atoms with van der Waals surface area (Å²) in [7, 11) is -0.865. The van der Waals surface area contributed by atoms with Gasteiger partial charge >= 0.3 is 0 Å². The number of halogens is 1. The van der Waals surface area contributed by atoms with Gasteiger partial charge in [0.1, 0.15) is 24.1 Å². The van der Waals surface area contributed by atoms with Crippen molar-refractivity contribution in [1.82, 2.24) is 10.2 Å². The van der Waals surface area contributed by atoms with E-state index in [0.29, 0.717) is 11.5 Å². The highest BCUT2D eigenvalue weighted by atomic mass is 35.5. The molecule has 9 nitrogen and oxygen atoms in total. The van der Waals surface area contributed by atoms with Crippen molar-refractivity contribution in [3.8, 4) is 11.5 Å². The number of ether oxygens (including phenoxy) is 2. The van der Waals surface area contributed by atoms with Gasteiger partial charge in [-0.15, -0.1) is 0 Å². The maximum absolute atomic E-state index is 13.6. The summed E-state index contributed by atoms with van der Waals surface area (Å²) >= 11 is 6.20. The largest absolute Gasteiger partial charge is 0.497 e. The van der Waals surface area contributed by atoms with Gasteiger partial charge in [0.2, 0.25) is 21.8 Å². The highest BCUT2D eigenvalue weighted by Gasteiger charge is 2.30. The van der Waals surface area contributed by atoms with Gasteiger partial charge in [0.05, 0.1) is 31.2 Å². The van der Waals surface area contributed by atoms with Crippen LogP contribution in [0.25, 0.3) is 0 Å². The number of carbonyl (C=O) groups is 2. The lowest BCUT2D eigenvalue weighted by atomic mass is 10.1. The summed E-state index contributed by atoms with van der Waals surface area (Å²) in [4.78, 5) is 27.9. The number of methoxy groups -OCH3 is 2. The second kappa shape index (κ2) is 12.8. The van der Waals surface area contributed by atoms with Gasteiger partial charge in [-0.3, -0.25) is 13.9 Å². The molecule has 198 valence electrons. The Morgan fingerprint density at radius 3 is 2.19 bits per heavy atom. The molecule has 0 radical (unpaired) electrons. The van der Waals surface area contributed by atoms with Gasteiger partial charge in [0.25, 0.3) is 0 Å². The summed E-state index contributed by atoms with van der Waals surface area (Å²) in [5.41, 5.74) is 0.962. The monoisotopic (exact) mass is 539 g/mol. The summed E-state index contributed by atoms with van der Waals surface area (Å²) < 4.78 is 36.6. The Bertz CT molecular complexity index is 1160. The van der Waals surface area contributed by atoms with E-state index < -0.39 is 28.5 Å². The zero-order valence-corrected chi connectivity index (χ0v) is 23.0. The lowest BCUT2D eigenvalue weighted by Gasteiger charge is -2.32. The van der Waals surface area contributed by atoms with Crippen LogP contribution in [-0.2, 0) is 26.2 Å². The number of nitrogens with zero attached hydrogens (tertiary/aromatic N) is 2. The van der Waals surface area contributed by atoms with E-state index in [9.17, 15) is 18.0 Å². The number of benzene rings is 2. The van der Waals surface area contributed by atoms with Crippen LogP contribution in [0.1, 0.15) is 32.8 Å². The molecule has 2 rings (SSSR count). The number of sulfonamides is 1. The van der Waals surface area contributed by atoms with Crippen LogP contribution in [-0.4, -0.2) is 64.2 Å². The second-order valence-electron chi connectivity index (χ2n) is 8.45. The van der Waals surface area contributed by atoms with E-state index in [0.717, 1.165) is 22.5 Å². The lowest BCUT2D eigenvalue weighted by Crippen LogP contribution is -2.52. The summed E-state index contributed by atoms with van der Waals surface area (Å²) in [6.07, 6.45) is 1.73. The standard InChI is InChI=1S/C25H34ClN3O6S/c1-7-17(2)27-25(31)18(3)28(15-19-8-11-21(34-4)12-9-19)24(30)16-29(36(6,32)33)20-10-13-23(35-5)22(26)14-20/h8-14,17-18H,7,15-16H2,1-6H3,(H,27,31)/t17-,18-/m0/s1. The molecule has 2 atom stereocenters. The smallest absolute Gasteiger partial charge is 0.244 e. The Kier molecular flexibility index (Phi) is 10.4. The topological polar surface area (TPSA) is 105 Å². The molecule has 36 heavy (non-hydrogen) atoms. The van der Waals surface area contributed by atoms with E-state index >= 15 is 0 Å². The average Bonchev–Trinajstić information content (AvgIpc) is 2.84. The van der Waals surface area contributed by atoms with Crippen LogP contribution in [0.15, 0.2) is 42.5 Å². The fraction of sp³-hybridized carbons (Fsp3) is 0.440. The van der Waals surface area contributed by atoms with E-state index in [4.69, 9.17) is 21.1 Å². The molecule has 0 saturated heterocycles. The third-order valence-electron chi connectivity index (χ3n) is 5.78. The minimum atomic E-state index is -3.86. The second-order valence-corrected chi connectivity index (χ2v) is 10.8. The zero-order valence-electron chi connectivity index (χ0n) is 21.4. The normalized spacial score (nSPS) is 12.9. The van der Waals surface area contributed by atoms with Crippen molar-refractivity contribution in [2.24, 2.45) is 0 Å². The first-order valence-corrected chi connectivity index (χ1v) is 13.7. The van der Waals surface area contributed by atoms with E-state index in [2.05, 4.69) is 5.32 Å². The SMILES string of the molecule is CC[C@H](C)NC(=O)[C@H](C)N(Cc1ccc(OC)cc1)C(=O)CN(c1ccc(OC)c(Cl)c1)S(C)(=O)=O. The van der Waals surface area contributed by atoms with Crippen molar-refractivity contribution in [2.75, 3.05) is 31.3 Å². The van der Waals surface area contributed by atoms with E-state index in [1.807, 2.05) is 13.8 Å². The van der Waals surface area contributed by atoms with Gasteiger partial charge in [-0.05, 0) is 56.2 Å². The third-order valence-corrected chi connectivity index (χ3v) is 7.22. The Labute approximate surface area is 218 Å². The van der Waals surface area contributed by atoms with Crippen LogP contribution in [0.5, 0.6) is 11.5 Å². The van der Waals surface area contributed by atoms with Crippen LogP contribution in [0.4, 0.5) is 5.69 Å². The summed E-state index contributed by atoms with van der Waals surface area (Å²) in [5, 5.41) is 3.09. The van der Waals surface area contributed by atoms with E-state index in [1.165, 1.54) is 30.2 Å². The molecule has 0 spiro atoms. The molecule has 0 unspecified atom stereocenters. The van der Waals surface area contributed by atoms with Gasteiger partial charge in [0.15, 0.2) is 0 Å². The molecule has 2 amide bonds. The van der Waals surface area contributed by atoms with Crippen molar-refractivity contribution >= 4 is 39.1 Å². The number of anilines is 1. The van der Waals surface area contributed by atoms with Gasteiger partial charge in [-0.2, -0.15) is 0 Å². The first-order valence-electron chi connectivity index (χ1n) is 11.4. The van der Waals surface area contributed by atoms with Crippen molar-refractivity contribution < 1.29 is 27.5 Å². The van der Waals surface area contributed by atoms with E-state index in [1.54, 1.807) is 38.3 Å². The highest BCUT2D eigenvalue weighted by Crippen LogP contribution is 2.30. The Hall–Kier alpha value is -2.98. The molecule has 11 heteroatoms. The summed E-state index contributed by atoms with van der Waals surface area (Å²) in [6.45, 7) is 5.02. The quantitative estimate of drug-likeness (QED) is 0.443.